The lowest BCUT2D eigenvalue weighted by Crippen LogP contribution is -2.26. The number of hydrogen-bond acceptors (Lipinski definition) is 3. The zero-order chi connectivity index (χ0) is 20.2. The summed E-state index contributed by atoms with van der Waals surface area (Å²) in [6.07, 6.45) is 4.91. The molecule has 0 radical (unpaired) electrons. The molecule has 0 saturated carbocycles. The second-order valence-electron chi connectivity index (χ2n) is 6.83. The summed E-state index contributed by atoms with van der Waals surface area (Å²) in [6.45, 7) is 3.20. The first-order valence-electron chi connectivity index (χ1n) is 9.90. The van der Waals surface area contributed by atoms with Crippen LogP contribution in [0.4, 0.5) is 0 Å². The highest BCUT2D eigenvalue weighted by atomic mass is 32.2. The molecular weight excluding hydrogens is 372 g/mol. The van der Waals surface area contributed by atoms with Crippen LogP contribution in [0.3, 0.4) is 0 Å². The number of hydrogen-bond donors (Lipinski definition) is 2. The van der Waals surface area contributed by atoms with Crippen LogP contribution < -0.4 is 10.0 Å². The Balaban J connectivity index is 1.77. The highest BCUT2D eigenvalue weighted by Crippen LogP contribution is 2.12. The van der Waals surface area contributed by atoms with Gasteiger partial charge in [0.2, 0.25) is 15.9 Å². The molecule has 2 aromatic rings. The Morgan fingerprint density at radius 3 is 2.21 bits per heavy atom. The van der Waals surface area contributed by atoms with Crippen LogP contribution in [0.1, 0.15) is 43.7 Å². The Bertz CT molecular complexity index is 819. The van der Waals surface area contributed by atoms with Crippen LogP contribution in [-0.2, 0) is 27.7 Å². The molecule has 152 valence electrons. The number of nitrogens with one attached hydrogen (secondary N) is 2. The van der Waals surface area contributed by atoms with Gasteiger partial charge in [0, 0.05) is 19.5 Å². The van der Waals surface area contributed by atoms with Crippen molar-refractivity contribution < 1.29 is 13.2 Å². The van der Waals surface area contributed by atoms with Gasteiger partial charge in [-0.05, 0) is 42.5 Å². The van der Waals surface area contributed by atoms with E-state index in [9.17, 15) is 13.2 Å². The van der Waals surface area contributed by atoms with Gasteiger partial charge in [0.15, 0.2) is 0 Å². The molecule has 2 rings (SSSR count). The van der Waals surface area contributed by atoms with Crippen LogP contribution >= 0.6 is 0 Å². The van der Waals surface area contributed by atoms with E-state index in [2.05, 4.69) is 17.0 Å². The minimum atomic E-state index is -3.53. The van der Waals surface area contributed by atoms with Crippen LogP contribution in [0.25, 0.3) is 0 Å². The molecule has 0 aliphatic carbocycles. The molecule has 0 heterocycles. The summed E-state index contributed by atoms with van der Waals surface area (Å²) < 4.78 is 27.4. The topological polar surface area (TPSA) is 75.3 Å². The van der Waals surface area contributed by atoms with Crippen molar-refractivity contribution in [2.24, 2.45) is 0 Å². The fourth-order valence-corrected chi connectivity index (χ4v) is 3.87. The Morgan fingerprint density at radius 1 is 0.857 bits per heavy atom. The van der Waals surface area contributed by atoms with Gasteiger partial charge in [-0.25, -0.2) is 13.1 Å². The van der Waals surface area contributed by atoms with Crippen LogP contribution in [0, 0.1) is 0 Å². The maximum Gasteiger partial charge on any atom is 0.240 e. The second kappa shape index (κ2) is 11.6. The lowest BCUT2D eigenvalue weighted by molar-refractivity contribution is -0.121. The van der Waals surface area contributed by atoms with Crippen molar-refractivity contribution in [3.63, 3.8) is 0 Å². The van der Waals surface area contributed by atoms with Gasteiger partial charge < -0.3 is 5.32 Å². The normalized spacial score (nSPS) is 11.3. The van der Waals surface area contributed by atoms with Crippen LogP contribution in [0.15, 0.2) is 59.5 Å². The predicted octanol–water partition coefficient (Wildman–Crippen LogP) is 3.45. The first kappa shape index (κ1) is 22.1. The summed E-state index contributed by atoms with van der Waals surface area (Å²) in [7, 11) is -3.53. The van der Waals surface area contributed by atoms with E-state index in [1.54, 1.807) is 24.3 Å². The average Bonchev–Trinajstić information content (AvgIpc) is 2.71. The third-order valence-electron chi connectivity index (χ3n) is 4.53. The molecule has 5 nitrogen and oxygen atoms in total. The number of rotatable bonds is 12. The Morgan fingerprint density at radius 2 is 1.54 bits per heavy atom. The zero-order valence-electron chi connectivity index (χ0n) is 16.5. The van der Waals surface area contributed by atoms with E-state index in [0.717, 1.165) is 36.9 Å². The van der Waals surface area contributed by atoms with Gasteiger partial charge in [-0.15, -0.1) is 0 Å². The van der Waals surface area contributed by atoms with Crippen LogP contribution in [-0.4, -0.2) is 27.4 Å². The van der Waals surface area contributed by atoms with Crippen LogP contribution in [0.5, 0.6) is 0 Å². The van der Waals surface area contributed by atoms with Gasteiger partial charge in [-0.3, -0.25) is 4.79 Å². The van der Waals surface area contributed by atoms with Gasteiger partial charge in [0.25, 0.3) is 0 Å². The number of carbonyl (C=O) groups is 1. The average molecular weight is 403 g/mol. The summed E-state index contributed by atoms with van der Waals surface area (Å²) >= 11 is 0. The minimum absolute atomic E-state index is 0.0374. The number of benzene rings is 2. The van der Waals surface area contributed by atoms with Crippen molar-refractivity contribution in [1.82, 2.24) is 10.0 Å². The fourth-order valence-electron chi connectivity index (χ4n) is 2.84. The summed E-state index contributed by atoms with van der Waals surface area (Å²) in [6, 6.07) is 16.5. The lowest BCUT2D eigenvalue weighted by Gasteiger charge is -2.08. The first-order valence-corrected chi connectivity index (χ1v) is 11.4. The quantitative estimate of drug-likeness (QED) is 0.534. The van der Waals surface area contributed by atoms with E-state index in [4.69, 9.17) is 0 Å². The Kier molecular flexibility index (Phi) is 9.17. The van der Waals surface area contributed by atoms with Crippen LogP contribution in [0.2, 0.25) is 0 Å². The Labute approximate surface area is 168 Å². The van der Waals surface area contributed by atoms with Crippen molar-refractivity contribution in [2.45, 2.75) is 50.3 Å². The smallest absolute Gasteiger partial charge is 0.240 e. The maximum absolute atomic E-state index is 12.4. The van der Waals surface area contributed by atoms with Crippen molar-refractivity contribution >= 4 is 15.9 Å². The number of carbonyl (C=O) groups excluding carboxylic acids is 1. The SMILES string of the molecule is CCCCCNC(=O)CCc1ccc(S(=O)(=O)NCCc2ccccc2)cc1. The number of unbranched alkanes of at least 4 members (excludes halogenated alkanes) is 2. The highest BCUT2D eigenvalue weighted by Gasteiger charge is 2.13. The fraction of sp³-hybridized carbons (Fsp3) is 0.409. The van der Waals surface area contributed by atoms with E-state index >= 15 is 0 Å². The molecule has 0 aromatic heterocycles. The van der Waals surface area contributed by atoms with Gasteiger partial charge >= 0.3 is 0 Å². The second-order valence-corrected chi connectivity index (χ2v) is 8.60. The largest absolute Gasteiger partial charge is 0.356 e. The molecular formula is C22H30N2O3S. The third-order valence-corrected chi connectivity index (χ3v) is 6.00. The molecule has 2 aromatic carbocycles. The van der Waals surface area contributed by atoms with Crippen molar-refractivity contribution in [3.05, 3.63) is 65.7 Å². The van der Waals surface area contributed by atoms with E-state index < -0.39 is 10.0 Å². The molecule has 0 saturated heterocycles. The first-order chi connectivity index (χ1) is 13.5. The molecule has 0 aliphatic rings. The van der Waals surface area contributed by atoms with Crippen molar-refractivity contribution in [1.29, 1.82) is 0 Å². The molecule has 0 aliphatic heterocycles. The van der Waals surface area contributed by atoms with Gasteiger partial charge in [-0.2, -0.15) is 0 Å². The molecule has 0 bridgehead atoms. The van der Waals surface area contributed by atoms with Gasteiger partial charge in [0.1, 0.15) is 0 Å². The molecule has 0 unspecified atom stereocenters. The standard InChI is InChI=1S/C22H30N2O3S/c1-2-3-7-17-23-22(25)15-12-20-10-13-21(14-11-20)28(26,27)24-18-16-19-8-5-4-6-9-19/h4-6,8-11,13-14,24H,2-3,7,12,15-18H2,1H3,(H,23,25). The molecule has 0 fully saturated rings. The van der Waals surface area contributed by atoms with E-state index in [1.165, 1.54) is 0 Å². The van der Waals surface area contributed by atoms with Crippen molar-refractivity contribution in [2.75, 3.05) is 13.1 Å². The number of aryl methyl sites for hydroxylation is 1. The summed E-state index contributed by atoms with van der Waals surface area (Å²) in [5.41, 5.74) is 2.04. The van der Waals surface area contributed by atoms with Crippen molar-refractivity contribution in [3.8, 4) is 0 Å². The molecule has 2 N–H and O–H groups in total. The number of amides is 1. The molecule has 1 amide bonds. The summed E-state index contributed by atoms with van der Waals surface area (Å²) in [5.74, 6) is 0.0374. The number of sulfonamides is 1. The van der Waals surface area contributed by atoms with E-state index in [0.29, 0.717) is 25.8 Å². The molecule has 6 heteroatoms. The monoisotopic (exact) mass is 402 g/mol. The highest BCUT2D eigenvalue weighted by molar-refractivity contribution is 7.89. The molecule has 28 heavy (non-hydrogen) atoms. The summed E-state index contributed by atoms with van der Waals surface area (Å²) in [5, 5.41) is 2.92. The minimum Gasteiger partial charge on any atom is -0.356 e. The third kappa shape index (κ3) is 7.82. The van der Waals surface area contributed by atoms with E-state index in [-0.39, 0.29) is 10.8 Å². The van der Waals surface area contributed by atoms with Gasteiger partial charge in [0.05, 0.1) is 4.90 Å². The molecule has 0 atom stereocenters. The predicted molar refractivity (Wildman–Crippen MR) is 113 cm³/mol. The van der Waals surface area contributed by atoms with E-state index in [1.807, 2.05) is 30.3 Å². The zero-order valence-corrected chi connectivity index (χ0v) is 17.3. The lowest BCUT2D eigenvalue weighted by atomic mass is 10.1. The Hall–Kier alpha value is -2.18. The molecule has 0 spiro atoms. The van der Waals surface area contributed by atoms with Gasteiger partial charge in [-0.1, -0.05) is 62.2 Å². The summed E-state index contributed by atoms with van der Waals surface area (Å²) in [4.78, 5) is 12.1. The maximum atomic E-state index is 12.4.